The second-order valence-electron chi connectivity index (χ2n) is 6.15. The summed E-state index contributed by atoms with van der Waals surface area (Å²) in [4.78, 5) is 12.6. The van der Waals surface area contributed by atoms with E-state index in [1.165, 1.54) is 44.9 Å². The van der Waals surface area contributed by atoms with Gasteiger partial charge in [-0.1, -0.05) is 58.1 Å². The van der Waals surface area contributed by atoms with E-state index in [0.717, 1.165) is 19.3 Å². The number of hydrogen-bond acceptors (Lipinski definition) is 4. The number of allylic oxidation sites excluding steroid dienone is 2. The van der Waals surface area contributed by atoms with E-state index in [-0.39, 0.29) is 28.6 Å². The average Bonchev–Trinajstić information content (AvgIpc) is 2.62. The zero-order valence-corrected chi connectivity index (χ0v) is 15.4. The number of aromatic hydroxyl groups is 1. The molecule has 0 saturated heterocycles. The molecule has 0 aromatic heterocycles. The maximum atomic E-state index is 12.6. The first-order valence-electron chi connectivity index (χ1n) is 9.01. The number of rotatable bonds is 12. The molecule has 25 heavy (non-hydrogen) atoms. The highest BCUT2D eigenvalue weighted by atomic mass is 16.5. The fourth-order valence-corrected chi connectivity index (χ4v) is 2.75. The first-order chi connectivity index (χ1) is 12.0. The van der Waals surface area contributed by atoms with Crippen LogP contribution in [0.3, 0.4) is 0 Å². The molecule has 0 aliphatic rings. The number of phenolic OH excluding ortho intramolecular Hbond substituents is 1. The van der Waals surface area contributed by atoms with Crippen molar-refractivity contribution in [1.82, 2.24) is 0 Å². The van der Waals surface area contributed by atoms with Gasteiger partial charge in [-0.25, -0.2) is 0 Å². The summed E-state index contributed by atoms with van der Waals surface area (Å²) in [5.41, 5.74) is 0.735. The molecule has 0 spiro atoms. The summed E-state index contributed by atoms with van der Waals surface area (Å²) in [6.45, 7) is 5.74. The van der Waals surface area contributed by atoms with Crippen molar-refractivity contribution < 1.29 is 19.7 Å². The SMILES string of the molecule is C=CC(O)=C(C(=O)CCCCCCCCC)c1ccc(O)c(OC)c1. The molecule has 1 aromatic carbocycles. The lowest BCUT2D eigenvalue weighted by atomic mass is 9.96. The van der Waals surface area contributed by atoms with Gasteiger partial charge in [-0.2, -0.15) is 0 Å². The van der Waals surface area contributed by atoms with Crippen LogP contribution in [-0.4, -0.2) is 23.1 Å². The van der Waals surface area contributed by atoms with Crippen molar-refractivity contribution in [3.8, 4) is 11.5 Å². The van der Waals surface area contributed by atoms with Crippen LogP contribution in [0.15, 0.2) is 36.6 Å². The van der Waals surface area contributed by atoms with E-state index in [2.05, 4.69) is 13.5 Å². The largest absolute Gasteiger partial charge is 0.507 e. The minimum absolute atomic E-state index is 0.0109. The highest BCUT2D eigenvalue weighted by molar-refractivity contribution is 6.21. The summed E-state index contributed by atoms with van der Waals surface area (Å²) >= 11 is 0. The third-order valence-corrected chi connectivity index (χ3v) is 4.20. The number of benzene rings is 1. The average molecular weight is 346 g/mol. The normalized spacial score (nSPS) is 11.8. The number of hydrogen-bond donors (Lipinski definition) is 2. The van der Waals surface area contributed by atoms with Gasteiger partial charge < -0.3 is 14.9 Å². The van der Waals surface area contributed by atoms with Gasteiger partial charge in [0.25, 0.3) is 0 Å². The molecule has 138 valence electrons. The van der Waals surface area contributed by atoms with Crippen LogP contribution in [0.5, 0.6) is 11.5 Å². The summed E-state index contributed by atoms with van der Waals surface area (Å²) in [5, 5.41) is 19.8. The summed E-state index contributed by atoms with van der Waals surface area (Å²) in [6.07, 6.45) is 9.53. The van der Waals surface area contributed by atoms with Crippen LogP contribution in [0.2, 0.25) is 0 Å². The Kier molecular flexibility index (Phi) is 9.45. The summed E-state index contributed by atoms with van der Waals surface area (Å²) in [5.74, 6) is -0.0294. The lowest BCUT2D eigenvalue weighted by Gasteiger charge is -2.11. The maximum absolute atomic E-state index is 12.6. The summed E-state index contributed by atoms with van der Waals surface area (Å²) in [7, 11) is 1.44. The van der Waals surface area contributed by atoms with Crippen molar-refractivity contribution in [3.63, 3.8) is 0 Å². The quantitative estimate of drug-likeness (QED) is 0.225. The summed E-state index contributed by atoms with van der Waals surface area (Å²) < 4.78 is 5.08. The molecule has 0 unspecified atom stereocenters. The Morgan fingerprint density at radius 2 is 1.80 bits per heavy atom. The zero-order chi connectivity index (χ0) is 18.7. The van der Waals surface area contributed by atoms with Crippen LogP contribution in [0.1, 0.15) is 63.9 Å². The first-order valence-corrected chi connectivity index (χ1v) is 9.01. The Morgan fingerprint density at radius 3 is 2.40 bits per heavy atom. The number of aliphatic hydroxyl groups is 1. The molecule has 0 aliphatic carbocycles. The molecule has 0 heterocycles. The molecule has 0 bridgehead atoms. The molecule has 0 aliphatic heterocycles. The van der Waals surface area contributed by atoms with Crippen LogP contribution in [-0.2, 0) is 4.79 Å². The Bertz CT molecular complexity index is 602. The van der Waals surface area contributed by atoms with Gasteiger partial charge in [-0.05, 0) is 30.2 Å². The third-order valence-electron chi connectivity index (χ3n) is 4.20. The molecule has 4 nitrogen and oxygen atoms in total. The molecule has 0 radical (unpaired) electrons. The van der Waals surface area contributed by atoms with E-state index >= 15 is 0 Å². The van der Waals surface area contributed by atoms with Crippen molar-refractivity contribution in [2.24, 2.45) is 0 Å². The van der Waals surface area contributed by atoms with Gasteiger partial charge in [0.15, 0.2) is 17.3 Å². The Morgan fingerprint density at radius 1 is 1.16 bits per heavy atom. The number of carbonyl (C=O) groups excluding carboxylic acids is 1. The molecule has 0 fully saturated rings. The van der Waals surface area contributed by atoms with E-state index < -0.39 is 0 Å². The van der Waals surface area contributed by atoms with Crippen LogP contribution in [0.25, 0.3) is 5.57 Å². The molecule has 1 rings (SSSR count). The smallest absolute Gasteiger partial charge is 0.167 e. The monoisotopic (exact) mass is 346 g/mol. The van der Waals surface area contributed by atoms with Crippen molar-refractivity contribution in [2.75, 3.05) is 7.11 Å². The molecule has 0 saturated carbocycles. The van der Waals surface area contributed by atoms with E-state index in [1.54, 1.807) is 12.1 Å². The molecule has 2 N–H and O–H groups in total. The second-order valence-corrected chi connectivity index (χ2v) is 6.15. The van der Waals surface area contributed by atoms with E-state index in [0.29, 0.717) is 12.0 Å². The number of ether oxygens (including phenoxy) is 1. The molecular formula is C21H30O4. The molecule has 1 aromatic rings. The topological polar surface area (TPSA) is 66.8 Å². The number of Topliss-reactive ketones (excluding diaryl/α,β-unsaturated/α-hetero) is 1. The number of methoxy groups -OCH3 is 1. The predicted molar refractivity (Wildman–Crippen MR) is 102 cm³/mol. The molecule has 0 atom stereocenters. The van der Waals surface area contributed by atoms with E-state index in [9.17, 15) is 15.0 Å². The van der Waals surface area contributed by atoms with Gasteiger partial charge in [0.05, 0.1) is 12.7 Å². The van der Waals surface area contributed by atoms with Gasteiger partial charge in [0.1, 0.15) is 5.76 Å². The first kappa shape index (κ1) is 20.8. The zero-order valence-electron chi connectivity index (χ0n) is 15.4. The van der Waals surface area contributed by atoms with Crippen molar-refractivity contribution in [3.05, 3.63) is 42.2 Å². The van der Waals surface area contributed by atoms with Crippen LogP contribution >= 0.6 is 0 Å². The van der Waals surface area contributed by atoms with E-state index in [4.69, 9.17) is 4.74 Å². The summed E-state index contributed by atoms with van der Waals surface area (Å²) in [6, 6.07) is 4.59. The highest BCUT2D eigenvalue weighted by Gasteiger charge is 2.17. The van der Waals surface area contributed by atoms with Gasteiger partial charge in [-0.15, -0.1) is 0 Å². The number of unbranched alkanes of at least 4 members (excludes halogenated alkanes) is 6. The Labute approximate surface area is 150 Å². The predicted octanol–water partition coefficient (Wildman–Crippen LogP) is 5.57. The van der Waals surface area contributed by atoms with E-state index in [1.807, 2.05) is 0 Å². The standard InChI is InChI=1S/C21H30O4/c1-4-6-7-8-9-10-11-12-19(24)21(17(22)5-2)16-13-14-18(23)20(15-16)25-3/h5,13-15,22-23H,2,4,6-12H2,1,3H3. The van der Waals surface area contributed by atoms with Gasteiger partial charge in [-0.3, -0.25) is 4.79 Å². The maximum Gasteiger partial charge on any atom is 0.167 e. The number of phenols is 1. The van der Waals surface area contributed by atoms with Crippen molar-refractivity contribution in [2.45, 2.75) is 58.3 Å². The Hall–Kier alpha value is -2.23. The van der Waals surface area contributed by atoms with Gasteiger partial charge in [0, 0.05) is 6.42 Å². The van der Waals surface area contributed by atoms with Crippen LogP contribution in [0, 0.1) is 0 Å². The lowest BCUT2D eigenvalue weighted by Crippen LogP contribution is -2.05. The molecular weight excluding hydrogens is 316 g/mol. The Balaban J connectivity index is 2.74. The van der Waals surface area contributed by atoms with Crippen molar-refractivity contribution in [1.29, 1.82) is 0 Å². The van der Waals surface area contributed by atoms with Crippen LogP contribution in [0.4, 0.5) is 0 Å². The fraction of sp³-hybridized carbons (Fsp3) is 0.476. The third kappa shape index (κ3) is 6.65. The van der Waals surface area contributed by atoms with Gasteiger partial charge in [0.2, 0.25) is 0 Å². The van der Waals surface area contributed by atoms with Crippen LogP contribution < -0.4 is 4.74 Å². The van der Waals surface area contributed by atoms with Gasteiger partial charge >= 0.3 is 0 Å². The lowest BCUT2D eigenvalue weighted by molar-refractivity contribution is -0.113. The fourth-order valence-electron chi connectivity index (χ4n) is 2.75. The second kappa shape index (κ2) is 11.3. The minimum atomic E-state index is -0.152. The molecule has 0 amide bonds. The molecule has 4 heteroatoms. The number of carbonyl (C=O) groups is 1. The highest BCUT2D eigenvalue weighted by Crippen LogP contribution is 2.31. The number of aliphatic hydroxyl groups excluding tert-OH is 1. The van der Waals surface area contributed by atoms with Crippen molar-refractivity contribution >= 4 is 11.4 Å². The number of ketones is 1. The minimum Gasteiger partial charge on any atom is -0.507 e.